The first-order valence-corrected chi connectivity index (χ1v) is 14.1. The molecule has 0 radical (unpaired) electrons. The second kappa shape index (κ2) is 9.09. The van der Waals surface area contributed by atoms with Gasteiger partial charge in [-0.25, -0.2) is 4.39 Å². The molecule has 0 saturated heterocycles. The molecule has 8 unspecified atom stereocenters. The van der Waals surface area contributed by atoms with Gasteiger partial charge in [-0.15, -0.1) is 0 Å². The summed E-state index contributed by atoms with van der Waals surface area (Å²) in [6.07, 6.45) is 15.0. The minimum atomic E-state index is -1.14. The van der Waals surface area contributed by atoms with Gasteiger partial charge in [-0.1, -0.05) is 64.8 Å². The van der Waals surface area contributed by atoms with Crippen molar-refractivity contribution in [1.29, 1.82) is 0 Å². The van der Waals surface area contributed by atoms with Gasteiger partial charge in [0, 0.05) is 0 Å². The molecule has 0 aromatic heterocycles. The van der Waals surface area contributed by atoms with E-state index in [-0.39, 0.29) is 12.1 Å². The van der Waals surface area contributed by atoms with Crippen LogP contribution in [0.5, 0.6) is 0 Å². The van der Waals surface area contributed by atoms with Crippen LogP contribution < -0.4 is 0 Å². The van der Waals surface area contributed by atoms with Crippen LogP contribution in [0.3, 0.4) is 0 Å². The van der Waals surface area contributed by atoms with Crippen molar-refractivity contribution in [3.05, 3.63) is 23.8 Å². The number of alkyl halides is 2. The number of hydrogen-bond acceptors (Lipinski definition) is 0. The molecule has 33 heavy (non-hydrogen) atoms. The highest BCUT2D eigenvalue weighted by atomic mass is 19.1. The zero-order chi connectivity index (χ0) is 24.2. The van der Waals surface area contributed by atoms with Crippen molar-refractivity contribution in [2.24, 2.45) is 58.2 Å². The molecule has 0 heterocycles. The second-order valence-corrected chi connectivity index (χ2v) is 13.4. The van der Waals surface area contributed by atoms with Crippen LogP contribution in [0.1, 0.15) is 99.8 Å². The Morgan fingerprint density at radius 2 is 1.85 bits per heavy atom. The molecule has 0 nitrogen and oxygen atoms in total. The minimum Gasteiger partial charge on any atom is -0.251 e. The number of halogens is 2. The highest BCUT2D eigenvalue weighted by Crippen LogP contribution is 2.88. The molecule has 0 aliphatic heterocycles. The first-order valence-electron chi connectivity index (χ1n) is 14.1. The standard InChI is InChI=1S/C31H50F2/c1-8-11-14-30(7,33)18-26-21(9-2)16-22-17-23(22)25(29(5,6)19-32)13-12-20(4)15-24-27-28(24)31(26,27)10-3/h8,11,16,20-21,23-28H,9-10,12-15,17-19H2,1-7H3. The van der Waals surface area contributed by atoms with Gasteiger partial charge in [-0.3, -0.25) is 4.39 Å². The fraction of sp³-hybridized carbons (Fsp3) is 0.871. The molecule has 2 heteroatoms. The van der Waals surface area contributed by atoms with Gasteiger partial charge in [0.2, 0.25) is 0 Å². The van der Waals surface area contributed by atoms with E-state index in [0.717, 1.165) is 42.9 Å². The van der Waals surface area contributed by atoms with Crippen molar-refractivity contribution in [2.75, 3.05) is 6.67 Å². The van der Waals surface area contributed by atoms with Crippen LogP contribution in [0.25, 0.3) is 0 Å². The van der Waals surface area contributed by atoms with Crippen LogP contribution in [0.2, 0.25) is 0 Å². The van der Waals surface area contributed by atoms with E-state index in [1.54, 1.807) is 5.57 Å². The van der Waals surface area contributed by atoms with Crippen molar-refractivity contribution in [3.8, 4) is 0 Å². The summed E-state index contributed by atoms with van der Waals surface area (Å²) in [5.41, 5.74) is 0.556. The van der Waals surface area contributed by atoms with Crippen LogP contribution in [0, 0.1) is 58.2 Å². The molecule has 0 aromatic carbocycles. The lowest BCUT2D eigenvalue weighted by atomic mass is 9.64. The summed E-state index contributed by atoms with van der Waals surface area (Å²) in [5, 5.41) is 0. The maximum Gasteiger partial charge on any atom is 0.112 e. The lowest BCUT2D eigenvalue weighted by Crippen LogP contribution is -2.37. The van der Waals surface area contributed by atoms with Crippen LogP contribution in [0.15, 0.2) is 23.8 Å². The highest BCUT2D eigenvalue weighted by Gasteiger charge is 2.83. The molecule has 2 bridgehead atoms. The Labute approximate surface area is 203 Å². The van der Waals surface area contributed by atoms with Crippen molar-refractivity contribution in [3.63, 3.8) is 0 Å². The van der Waals surface area contributed by atoms with Crippen molar-refractivity contribution in [1.82, 2.24) is 0 Å². The first kappa shape index (κ1) is 25.4. The predicted octanol–water partition coefficient (Wildman–Crippen LogP) is 9.36. The maximum atomic E-state index is 15.8. The molecular weight excluding hydrogens is 410 g/mol. The lowest BCUT2D eigenvalue weighted by Gasteiger charge is -2.41. The topological polar surface area (TPSA) is 0 Å². The third kappa shape index (κ3) is 4.63. The summed E-state index contributed by atoms with van der Waals surface area (Å²) < 4.78 is 29.9. The van der Waals surface area contributed by atoms with Crippen LogP contribution >= 0.6 is 0 Å². The summed E-state index contributed by atoms with van der Waals surface area (Å²) in [7, 11) is 0. The van der Waals surface area contributed by atoms with E-state index in [0.29, 0.717) is 41.9 Å². The molecule has 5 aliphatic rings. The Morgan fingerprint density at radius 3 is 2.42 bits per heavy atom. The number of allylic oxidation sites excluding steroid dienone is 4. The van der Waals surface area contributed by atoms with Crippen molar-refractivity contribution in [2.45, 2.75) is 106 Å². The summed E-state index contributed by atoms with van der Waals surface area (Å²) in [6.45, 7) is 15.0. The quantitative estimate of drug-likeness (QED) is 0.316. The molecule has 3 saturated carbocycles. The summed E-state index contributed by atoms with van der Waals surface area (Å²) in [6, 6.07) is 0. The van der Waals surface area contributed by atoms with Gasteiger partial charge in [0.15, 0.2) is 0 Å². The molecule has 0 aromatic rings. The molecule has 5 rings (SSSR count). The van der Waals surface area contributed by atoms with Gasteiger partial charge in [-0.2, -0.15) is 0 Å². The molecule has 188 valence electrons. The van der Waals surface area contributed by atoms with Crippen molar-refractivity contribution >= 4 is 0 Å². The second-order valence-electron chi connectivity index (χ2n) is 13.4. The number of rotatable bonds is 8. The smallest absolute Gasteiger partial charge is 0.112 e. The zero-order valence-corrected chi connectivity index (χ0v) is 22.5. The van der Waals surface area contributed by atoms with Gasteiger partial charge >= 0.3 is 0 Å². The predicted molar refractivity (Wildman–Crippen MR) is 136 cm³/mol. The Balaban J connectivity index is 1.65. The number of fused-ring (bicyclic) bond motifs is 6. The Hall–Kier alpha value is -0.660. The zero-order valence-electron chi connectivity index (χ0n) is 22.5. The van der Waals surface area contributed by atoms with Gasteiger partial charge in [0.1, 0.15) is 5.67 Å². The van der Waals surface area contributed by atoms with Gasteiger partial charge in [0.05, 0.1) is 6.67 Å². The maximum absolute atomic E-state index is 15.8. The Morgan fingerprint density at radius 1 is 1.15 bits per heavy atom. The summed E-state index contributed by atoms with van der Waals surface area (Å²) in [5.74, 6) is 5.18. The van der Waals surface area contributed by atoms with E-state index < -0.39 is 5.67 Å². The normalized spacial score (nSPS) is 44.5. The van der Waals surface area contributed by atoms with E-state index in [9.17, 15) is 4.39 Å². The van der Waals surface area contributed by atoms with E-state index in [4.69, 9.17) is 0 Å². The Bertz CT molecular complexity index is 749. The molecule has 8 atom stereocenters. The summed E-state index contributed by atoms with van der Waals surface area (Å²) >= 11 is 0. The van der Waals surface area contributed by atoms with E-state index in [1.807, 2.05) is 26.0 Å². The van der Waals surface area contributed by atoms with Gasteiger partial charge < -0.3 is 0 Å². The van der Waals surface area contributed by atoms with E-state index in [1.165, 1.54) is 19.3 Å². The minimum absolute atomic E-state index is 0.230. The van der Waals surface area contributed by atoms with Crippen LogP contribution in [-0.2, 0) is 0 Å². The molecular formula is C31H50F2. The first-order chi connectivity index (χ1) is 15.6. The highest BCUT2D eigenvalue weighted by molar-refractivity contribution is 5.33. The third-order valence-corrected chi connectivity index (χ3v) is 10.7. The van der Waals surface area contributed by atoms with Crippen LogP contribution in [0.4, 0.5) is 8.78 Å². The average Bonchev–Trinajstić information content (AvgIpc) is 3.69. The average molecular weight is 461 g/mol. The molecule has 0 N–H and O–H groups in total. The monoisotopic (exact) mass is 460 g/mol. The molecule has 3 fully saturated rings. The van der Waals surface area contributed by atoms with E-state index >= 15 is 4.39 Å². The SMILES string of the molecule is CC=CCC(C)(F)CC1C(CC)C=C2CC2C(C(C)(C)CF)CCC(C)CC2C3C2C13CC. The summed E-state index contributed by atoms with van der Waals surface area (Å²) in [4.78, 5) is 0. The molecule has 5 aliphatic carbocycles. The number of hydrogen-bond donors (Lipinski definition) is 0. The fourth-order valence-corrected chi connectivity index (χ4v) is 8.60. The van der Waals surface area contributed by atoms with Gasteiger partial charge in [-0.05, 0) is 117 Å². The largest absolute Gasteiger partial charge is 0.251 e. The van der Waals surface area contributed by atoms with Crippen molar-refractivity contribution < 1.29 is 8.78 Å². The molecule has 0 amide bonds. The lowest BCUT2D eigenvalue weighted by molar-refractivity contribution is 0.0511. The van der Waals surface area contributed by atoms with Crippen LogP contribution in [-0.4, -0.2) is 12.3 Å². The molecule has 0 spiro atoms. The van der Waals surface area contributed by atoms with Gasteiger partial charge in [0.25, 0.3) is 0 Å². The fourth-order valence-electron chi connectivity index (χ4n) is 8.60. The Kier molecular flexibility index (Phi) is 7.00. The third-order valence-electron chi connectivity index (χ3n) is 10.7. The van der Waals surface area contributed by atoms with E-state index in [2.05, 4.69) is 40.7 Å².